The van der Waals surface area contributed by atoms with Crippen molar-refractivity contribution >= 4 is 28.5 Å². The third-order valence-electron chi connectivity index (χ3n) is 4.97. The van der Waals surface area contributed by atoms with Gasteiger partial charge >= 0.3 is 6.03 Å². The molecule has 1 aliphatic heterocycles. The van der Waals surface area contributed by atoms with Crippen molar-refractivity contribution in [1.82, 2.24) is 19.7 Å². The van der Waals surface area contributed by atoms with Crippen LogP contribution < -0.4 is 4.90 Å². The zero-order valence-corrected chi connectivity index (χ0v) is 15.5. The molecule has 27 heavy (non-hydrogen) atoms. The SMILES string of the molecule is CC(C)C1C(=O)N(c2ccc3c(cnn3C)c2)C(=O)N1Cc1ccncc1. The maximum absolute atomic E-state index is 13.2. The molecule has 0 N–H and O–H groups in total. The van der Waals surface area contributed by atoms with Gasteiger partial charge in [0.15, 0.2) is 0 Å². The van der Waals surface area contributed by atoms with Crippen LogP contribution in [0.5, 0.6) is 0 Å². The standard InChI is InChI=1S/C20H21N5O2/c1-13(2)18-19(26)25(16-4-5-17-15(10-16)11-22-23(17)3)20(27)24(18)12-14-6-8-21-9-7-14/h4-11,13,18H,12H2,1-3H3. The van der Waals surface area contributed by atoms with Gasteiger partial charge in [-0.3, -0.25) is 14.5 Å². The Hall–Kier alpha value is -3.22. The molecule has 0 bridgehead atoms. The molecule has 3 amide bonds. The maximum atomic E-state index is 13.2. The highest BCUT2D eigenvalue weighted by Crippen LogP contribution is 2.31. The molecule has 1 aliphatic rings. The van der Waals surface area contributed by atoms with Crippen LogP contribution in [0.2, 0.25) is 0 Å². The van der Waals surface area contributed by atoms with Crippen LogP contribution in [0.3, 0.4) is 0 Å². The fourth-order valence-corrected chi connectivity index (χ4v) is 3.63. The predicted molar refractivity (Wildman–Crippen MR) is 102 cm³/mol. The van der Waals surface area contributed by atoms with Crippen molar-refractivity contribution in [2.45, 2.75) is 26.4 Å². The Balaban J connectivity index is 1.72. The largest absolute Gasteiger partial charge is 0.332 e. The number of aromatic nitrogens is 3. The van der Waals surface area contributed by atoms with Crippen molar-refractivity contribution in [3.8, 4) is 0 Å². The molecule has 1 unspecified atom stereocenters. The zero-order valence-electron chi connectivity index (χ0n) is 15.5. The average molecular weight is 363 g/mol. The van der Waals surface area contributed by atoms with Crippen molar-refractivity contribution in [1.29, 1.82) is 0 Å². The second-order valence-electron chi connectivity index (χ2n) is 7.14. The molecule has 2 aromatic heterocycles. The number of hydrogen-bond donors (Lipinski definition) is 0. The third kappa shape index (κ3) is 2.85. The van der Waals surface area contributed by atoms with Gasteiger partial charge in [0, 0.05) is 31.4 Å². The molecule has 1 aromatic carbocycles. The molecule has 0 aliphatic carbocycles. The lowest BCUT2D eigenvalue weighted by Crippen LogP contribution is -2.38. The molecule has 1 saturated heterocycles. The lowest BCUT2D eigenvalue weighted by Gasteiger charge is -2.24. The van der Waals surface area contributed by atoms with E-state index < -0.39 is 6.04 Å². The summed E-state index contributed by atoms with van der Waals surface area (Å²) in [5, 5.41) is 5.12. The van der Waals surface area contributed by atoms with Crippen LogP contribution in [-0.4, -0.2) is 37.6 Å². The number of benzene rings is 1. The molecule has 3 aromatic rings. The molecule has 3 heterocycles. The van der Waals surface area contributed by atoms with Gasteiger partial charge in [0.05, 0.1) is 17.4 Å². The molecule has 0 spiro atoms. The number of aryl methyl sites for hydroxylation is 1. The number of carbonyl (C=O) groups excluding carboxylic acids is 2. The minimum absolute atomic E-state index is 0.00964. The quantitative estimate of drug-likeness (QED) is 0.668. The summed E-state index contributed by atoms with van der Waals surface area (Å²) in [4.78, 5) is 33.3. The average Bonchev–Trinajstić information content (AvgIpc) is 3.13. The highest BCUT2D eigenvalue weighted by Gasteiger charge is 2.47. The number of rotatable bonds is 4. The van der Waals surface area contributed by atoms with Crippen molar-refractivity contribution in [2.75, 3.05) is 4.90 Å². The molecule has 7 heteroatoms. The molecule has 138 valence electrons. The van der Waals surface area contributed by atoms with Crippen molar-refractivity contribution in [3.05, 3.63) is 54.5 Å². The number of hydrogen-bond acceptors (Lipinski definition) is 4. The lowest BCUT2D eigenvalue weighted by atomic mass is 10.0. The summed E-state index contributed by atoms with van der Waals surface area (Å²) in [6.07, 6.45) is 5.12. The van der Waals surface area contributed by atoms with Crippen LogP contribution in [0, 0.1) is 5.92 Å². The van der Waals surface area contributed by atoms with Gasteiger partial charge in [-0.05, 0) is 41.8 Å². The van der Waals surface area contributed by atoms with Gasteiger partial charge in [-0.25, -0.2) is 9.69 Å². The van der Waals surface area contributed by atoms with Gasteiger partial charge in [-0.15, -0.1) is 0 Å². The molecule has 7 nitrogen and oxygen atoms in total. The van der Waals surface area contributed by atoms with Gasteiger partial charge < -0.3 is 4.90 Å². The van der Waals surface area contributed by atoms with E-state index in [4.69, 9.17) is 0 Å². The monoisotopic (exact) mass is 363 g/mol. The molecular weight excluding hydrogens is 342 g/mol. The van der Waals surface area contributed by atoms with Crippen LogP contribution in [0.4, 0.5) is 10.5 Å². The Kier molecular flexibility index (Phi) is 4.14. The minimum Gasteiger partial charge on any atom is -0.307 e. The highest BCUT2D eigenvalue weighted by atomic mass is 16.2. The fourth-order valence-electron chi connectivity index (χ4n) is 3.63. The van der Waals surface area contributed by atoms with E-state index in [1.807, 2.05) is 45.2 Å². The lowest BCUT2D eigenvalue weighted by molar-refractivity contribution is -0.120. The number of anilines is 1. The summed E-state index contributed by atoms with van der Waals surface area (Å²) in [6, 6.07) is 8.46. The van der Waals surface area contributed by atoms with Crippen molar-refractivity contribution in [3.63, 3.8) is 0 Å². The first kappa shape index (κ1) is 17.2. The van der Waals surface area contributed by atoms with Crippen molar-refractivity contribution in [2.24, 2.45) is 13.0 Å². The van der Waals surface area contributed by atoms with Gasteiger partial charge in [0.2, 0.25) is 0 Å². The summed E-state index contributed by atoms with van der Waals surface area (Å²) in [5.74, 6) is -0.178. The Morgan fingerprint density at radius 2 is 1.85 bits per heavy atom. The van der Waals surface area contributed by atoms with Gasteiger partial charge in [0.1, 0.15) is 6.04 Å². The summed E-state index contributed by atoms with van der Waals surface area (Å²) < 4.78 is 1.76. The fraction of sp³-hybridized carbons (Fsp3) is 0.300. The van der Waals surface area contributed by atoms with E-state index >= 15 is 0 Å². The molecule has 1 fully saturated rings. The first-order valence-corrected chi connectivity index (χ1v) is 8.92. The number of pyridine rings is 1. The van der Waals surface area contributed by atoms with E-state index in [2.05, 4.69) is 10.1 Å². The Morgan fingerprint density at radius 1 is 1.11 bits per heavy atom. The van der Waals surface area contributed by atoms with Crippen LogP contribution in [0.25, 0.3) is 10.9 Å². The number of nitrogens with zero attached hydrogens (tertiary/aromatic N) is 5. The number of imide groups is 1. The topological polar surface area (TPSA) is 71.3 Å². The van der Waals surface area contributed by atoms with Gasteiger partial charge in [0.25, 0.3) is 5.91 Å². The summed E-state index contributed by atoms with van der Waals surface area (Å²) in [6.45, 7) is 4.30. The van der Waals surface area contributed by atoms with Gasteiger partial charge in [-0.2, -0.15) is 5.10 Å². The zero-order chi connectivity index (χ0) is 19.1. The molecule has 0 radical (unpaired) electrons. The predicted octanol–water partition coefficient (Wildman–Crippen LogP) is 2.96. The Labute approximate surface area is 157 Å². The first-order valence-electron chi connectivity index (χ1n) is 8.92. The number of urea groups is 1. The van der Waals surface area contributed by atoms with Crippen LogP contribution >= 0.6 is 0 Å². The minimum atomic E-state index is -0.490. The summed E-state index contributed by atoms with van der Waals surface area (Å²) in [5.41, 5.74) is 2.47. The molecule has 0 saturated carbocycles. The molecular formula is C20H21N5O2. The first-order chi connectivity index (χ1) is 13.0. The van der Waals surface area contributed by atoms with Crippen LogP contribution in [-0.2, 0) is 18.4 Å². The van der Waals surface area contributed by atoms with Crippen LogP contribution in [0.15, 0.2) is 48.9 Å². The summed E-state index contributed by atoms with van der Waals surface area (Å²) in [7, 11) is 1.86. The Bertz CT molecular complexity index is 1010. The van der Waals surface area contributed by atoms with E-state index in [0.29, 0.717) is 12.2 Å². The Morgan fingerprint density at radius 3 is 2.56 bits per heavy atom. The second-order valence-corrected chi connectivity index (χ2v) is 7.14. The van der Waals surface area contributed by atoms with E-state index in [9.17, 15) is 9.59 Å². The smallest absolute Gasteiger partial charge is 0.307 e. The van der Waals surface area contributed by atoms with E-state index in [1.54, 1.807) is 34.2 Å². The van der Waals surface area contributed by atoms with Gasteiger partial charge in [-0.1, -0.05) is 13.8 Å². The summed E-state index contributed by atoms with van der Waals surface area (Å²) >= 11 is 0. The highest BCUT2D eigenvalue weighted by molar-refractivity contribution is 6.21. The van der Waals surface area contributed by atoms with Crippen molar-refractivity contribution < 1.29 is 9.59 Å². The number of amides is 3. The van der Waals surface area contributed by atoms with E-state index in [0.717, 1.165) is 16.5 Å². The number of fused-ring (bicyclic) bond motifs is 1. The number of carbonyl (C=O) groups is 2. The molecule has 4 rings (SSSR count). The van der Waals surface area contributed by atoms with E-state index in [-0.39, 0.29) is 17.9 Å². The van der Waals surface area contributed by atoms with Crippen LogP contribution in [0.1, 0.15) is 19.4 Å². The normalized spacial score (nSPS) is 17.6. The van der Waals surface area contributed by atoms with E-state index in [1.165, 1.54) is 4.90 Å². The third-order valence-corrected chi connectivity index (χ3v) is 4.97. The molecule has 1 atom stereocenters. The maximum Gasteiger partial charge on any atom is 0.332 e. The second kappa shape index (κ2) is 6.50.